The van der Waals surface area contributed by atoms with Crippen LogP contribution >= 0.6 is 11.3 Å². The van der Waals surface area contributed by atoms with Gasteiger partial charge in [0.1, 0.15) is 4.83 Å². The quantitative estimate of drug-likeness (QED) is 0.682. The first-order valence-electron chi connectivity index (χ1n) is 9.64. The zero-order chi connectivity index (χ0) is 17.5. The van der Waals surface area contributed by atoms with Crippen molar-refractivity contribution in [3.05, 3.63) is 46.1 Å². The summed E-state index contributed by atoms with van der Waals surface area (Å²) in [6.07, 6.45) is 6.39. The van der Waals surface area contributed by atoms with E-state index in [2.05, 4.69) is 41.3 Å². The summed E-state index contributed by atoms with van der Waals surface area (Å²) >= 11 is 1.28. The summed E-state index contributed by atoms with van der Waals surface area (Å²) in [5.41, 5.74) is 4.35. The summed E-state index contributed by atoms with van der Waals surface area (Å²) in [5.74, 6) is 0.686. The van der Waals surface area contributed by atoms with Crippen molar-refractivity contribution in [2.75, 3.05) is 18.0 Å². The largest absolute Gasteiger partial charge is 0.372 e. The summed E-state index contributed by atoms with van der Waals surface area (Å²) in [5, 5.41) is 0. The maximum Gasteiger partial charge on any atom is 0.309 e. The number of hydrogen-bond acceptors (Lipinski definition) is 4. The van der Waals surface area contributed by atoms with Crippen LogP contribution in [-0.2, 0) is 6.54 Å². The minimum atomic E-state index is 0.124. The molecule has 0 N–H and O–H groups in total. The summed E-state index contributed by atoms with van der Waals surface area (Å²) < 4.78 is 1.92. The van der Waals surface area contributed by atoms with Gasteiger partial charge < -0.3 is 4.90 Å². The molecule has 2 aliphatic rings. The van der Waals surface area contributed by atoms with Gasteiger partial charge in [-0.15, -0.1) is 0 Å². The zero-order valence-corrected chi connectivity index (χ0v) is 15.7. The molecule has 134 valence electrons. The minimum absolute atomic E-state index is 0.124. The molecule has 3 aromatic rings. The van der Waals surface area contributed by atoms with Crippen molar-refractivity contribution in [2.45, 2.75) is 38.6 Å². The molecule has 0 unspecified atom stereocenters. The lowest BCUT2D eigenvalue weighted by Gasteiger charge is -2.29. The molecule has 5 rings (SSSR count). The molecule has 0 radical (unpaired) electrons. The van der Waals surface area contributed by atoms with Crippen LogP contribution in [0.4, 0.5) is 5.69 Å². The van der Waals surface area contributed by atoms with Gasteiger partial charge in [-0.3, -0.25) is 9.36 Å². The average molecular weight is 366 g/mol. The van der Waals surface area contributed by atoms with Gasteiger partial charge in [-0.25, -0.2) is 4.98 Å². The monoisotopic (exact) mass is 365 g/mol. The molecule has 1 aliphatic carbocycles. The predicted octanol–water partition coefficient (Wildman–Crippen LogP) is 4.53. The second-order valence-corrected chi connectivity index (χ2v) is 8.48. The summed E-state index contributed by atoms with van der Waals surface area (Å²) in [6, 6.07) is 12.8. The van der Waals surface area contributed by atoms with Gasteiger partial charge in [0, 0.05) is 30.9 Å². The smallest absolute Gasteiger partial charge is 0.309 e. The molecule has 0 spiro atoms. The van der Waals surface area contributed by atoms with E-state index >= 15 is 0 Å². The molecule has 0 bridgehead atoms. The molecule has 5 heteroatoms. The molecule has 0 amide bonds. The number of benzene rings is 1. The number of thiazole rings is 1. The minimum Gasteiger partial charge on any atom is -0.372 e. The predicted molar refractivity (Wildman–Crippen MR) is 108 cm³/mol. The molecule has 2 aromatic heterocycles. The number of fused-ring (bicyclic) bond motifs is 1. The number of piperidine rings is 1. The van der Waals surface area contributed by atoms with Crippen LogP contribution in [0.2, 0.25) is 0 Å². The van der Waals surface area contributed by atoms with E-state index in [1.54, 1.807) is 0 Å². The average Bonchev–Trinajstić information content (AvgIpc) is 3.46. The Morgan fingerprint density at radius 2 is 1.92 bits per heavy atom. The SMILES string of the molecule is O=c1sc2nc(-c3cccc(N4CCCCC4)c3)ccc2n1CC1CC1. The Hall–Kier alpha value is -2.14. The number of anilines is 1. The normalized spacial score (nSPS) is 17.8. The summed E-state index contributed by atoms with van der Waals surface area (Å²) in [4.78, 5) is 20.6. The van der Waals surface area contributed by atoms with Crippen molar-refractivity contribution in [2.24, 2.45) is 5.92 Å². The summed E-state index contributed by atoms with van der Waals surface area (Å²) in [6.45, 7) is 3.13. The third kappa shape index (κ3) is 3.05. The van der Waals surface area contributed by atoms with Gasteiger partial charge in [-0.2, -0.15) is 0 Å². The van der Waals surface area contributed by atoms with Gasteiger partial charge in [0.2, 0.25) is 0 Å². The third-order valence-electron chi connectivity index (χ3n) is 5.54. The highest BCUT2D eigenvalue weighted by Crippen LogP contribution is 2.32. The van der Waals surface area contributed by atoms with Gasteiger partial charge in [0.05, 0.1) is 11.2 Å². The Kier molecular flexibility index (Phi) is 4.04. The van der Waals surface area contributed by atoms with Crippen molar-refractivity contribution in [1.82, 2.24) is 9.55 Å². The second-order valence-electron chi connectivity index (χ2n) is 7.54. The lowest BCUT2D eigenvalue weighted by molar-refractivity contribution is 0.578. The number of pyridine rings is 1. The molecular formula is C21H23N3OS. The van der Waals surface area contributed by atoms with Crippen LogP contribution in [0.3, 0.4) is 0 Å². The number of hydrogen-bond donors (Lipinski definition) is 0. The van der Waals surface area contributed by atoms with Crippen LogP contribution in [0, 0.1) is 5.92 Å². The van der Waals surface area contributed by atoms with Gasteiger partial charge in [-0.1, -0.05) is 23.5 Å². The molecule has 3 heterocycles. The van der Waals surface area contributed by atoms with Gasteiger partial charge in [-0.05, 0) is 62.3 Å². The fourth-order valence-corrected chi connectivity index (χ4v) is 4.73. The third-order valence-corrected chi connectivity index (χ3v) is 6.42. The number of rotatable bonds is 4. The van der Waals surface area contributed by atoms with E-state index in [-0.39, 0.29) is 4.87 Å². The first kappa shape index (κ1) is 16.1. The van der Waals surface area contributed by atoms with E-state index in [0.29, 0.717) is 5.92 Å². The Balaban J connectivity index is 1.49. The number of nitrogens with zero attached hydrogens (tertiary/aromatic N) is 3. The van der Waals surface area contributed by atoms with Gasteiger partial charge in [0.15, 0.2) is 0 Å². The van der Waals surface area contributed by atoms with Crippen LogP contribution < -0.4 is 9.77 Å². The van der Waals surface area contributed by atoms with Crippen LogP contribution in [0.5, 0.6) is 0 Å². The molecule has 1 saturated heterocycles. The fourth-order valence-electron chi connectivity index (χ4n) is 3.86. The van der Waals surface area contributed by atoms with E-state index in [1.165, 1.54) is 49.1 Å². The molecule has 4 nitrogen and oxygen atoms in total. The van der Waals surface area contributed by atoms with E-state index in [4.69, 9.17) is 4.98 Å². The maximum absolute atomic E-state index is 12.3. The van der Waals surface area contributed by atoms with E-state index in [0.717, 1.165) is 41.2 Å². The molecule has 1 aliphatic heterocycles. The molecule has 2 fully saturated rings. The maximum atomic E-state index is 12.3. The molecule has 1 aromatic carbocycles. The van der Waals surface area contributed by atoms with Crippen LogP contribution in [0.25, 0.3) is 21.6 Å². The van der Waals surface area contributed by atoms with Crippen molar-refractivity contribution in [3.8, 4) is 11.3 Å². The van der Waals surface area contributed by atoms with E-state index in [1.807, 2.05) is 4.57 Å². The van der Waals surface area contributed by atoms with Gasteiger partial charge >= 0.3 is 4.87 Å². The van der Waals surface area contributed by atoms with Crippen molar-refractivity contribution in [3.63, 3.8) is 0 Å². The van der Waals surface area contributed by atoms with Gasteiger partial charge in [0.25, 0.3) is 0 Å². The highest BCUT2D eigenvalue weighted by Gasteiger charge is 2.24. The zero-order valence-electron chi connectivity index (χ0n) is 14.9. The Labute approximate surface area is 157 Å². The van der Waals surface area contributed by atoms with Crippen molar-refractivity contribution >= 4 is 27.4 Å². The van der Waals surface area contributed by atoms with Crippen LogP contribution in [0.15, 0.2) is 41.2 Å². The second kappa shape index (κ2) is 6.54. The topological polar surface area (TPSA) is 38.1 Å². The first-order chi connectivity index (χ1) is 12.8. The van der Waals surface area contributed by atoms with Crippen molar-refractivity contribution < 1.29 is 0 Å². The van der Waals surface area contributed by atoms with E-state index < -0.39 is 0 Å². The highest BCUT2D eigenvalue weighted by atomic mass is 32.1. The lowest BCUT2D eigenvalue weighted by Crippen LogP contribution is -2.29. The molecule has 1 saturated carbocycles. The first-order valence-corrected chi connectivity index (χ1v) is 10.5. The Morgan fingerprint density at radius 1 is 1.08 bits per heavy atom. The van der Waals surface area contributed by atoms with E-state index in [9.17, 15) is 4.79 Å². The highest BCUT2D eigenvalue weighted by molar-refractivity contribution is 7.16. The molecule has 0 atom stereocenters. The number of aromatic nitrogens is 2. The molecule has 26 heavy (non-hydrogen) atoms. The molecular weight excluding hydrogens is 342 g/mol. The fraction of sp³-hybridized carbons (Fsp3) is 0.429. The van der Waals surface area contributed by atoms with Crippen molar-refractivity contribution in [1.29, 1.82) is 0 Å². The van der Waals surface area contributed by atoms with Crippen LogP contribution in [0.1, 0.15) is 32.1 Å². The van der Waals surface area contributed by atoms with Crippen LogP contribution in [-0.4, -0.2) is 22.6 Å². The standard InChI is InChI=1S/C21H23N3OS/c25-21-24(14-15-7-8-15)19-10-9-18(22-20(19)26-21)16-5-4-6-17(13-16)23-11-2-1-3-12-23/h4-6,9-10,13,15H,1-3,7-8,11-12,14H2. The summed E-state index contributed by atoms with van der Waals surface area (Å²) in [7, 11) is 0. The Bertz CT molecular complexity index is 996. The lowest BCUT2D eigenvalue weighted by atomic mass is 10.1. The Morgan fingerprint density at radius 3 is 2.73 bits per heavy atom.